The van der Waals surface area contributed by atoms with Gasteiger partial charge in [-0.05, 0) is 38.7 Å². The van der Waals surface area contributed by atoms with Crippen molar-refractivity contribution in [3.8, 4) is 0 Å². The molecule has 2 heterocycles. The first-order chi connectivity index (χ1) is 12.2. The number of nitrogens with zero attached hydrogens (tertiary/aromatic N) is 3. The van der Waals surface area contributed by atoms with Gasteiger partial charge in [0.2, 0.25) is 0 Å². The van der Waals surface area contributed by atoms with E-state index in [-0.39, 0.29) is 11.0 Å². The molecule has 3 aromatic rings. The summed E-state index contributed by atoms with van der Waals surface area (Å²) in [5.41, 5.74) is 1.76. The van der Waals surface area contributed by atoms with E-state index in [4.69, 9.17) is 0 Å². The SMILES string of the molecule is C[C@@H](Sc1nnc(C2CC2)n1C1CC1)C(=O)c1c[nH]c2ccccc12. The van der Waals surface area contributed by atoms with Gasteiger partial charge < -0.3 is 9.55 Å². The molecule has 0 saturated heterocycles. The van der Waals surface area contributed by atoms with Crippen LogP contribution in [0.3, 0.4) is 0 Å². The first kappa shape index (κ1) is 15.2. The third-order valence-corrected chi connectivity index (χ3v) is 6.11. The van der Waals surface area contributed by atoms with Crippen LogP contribution in [0.4, 0.5) is 0 Å². The van der Waals surface area contributed by atoms with Crippen molar-refractivity contribution in [1.29, 1.82) is 0 Å². The highest BCUT2D eigenvalue weighted by atomic mass is 32.2. The van der Waals surface area contributed by atoms with Crippen molar-refractivity contribution >= 4 is 28.4 Å². The second kappa shape index (κ2) is 5.73. The summed E-state index contributed by atoms with van der Waals surface area (Å²) < 4.78 is 2.31. The topological polar surface area (TPSA) is 63.6 Å². The first-order valence-corrected chi connectivity index (χ1v) is 9.82. The summed E-state index contributed by atoms with van der Waals surface area (Å²) in [6.45, 7) is 1.97. The van der Waals surface area contributed by atoms with Gasteiger partial charge in [0.1, 0.15) is 5.82 Å². The minimum Gasteiger partial charge on any atom is -0.360 e. The fraction of sp³-hybridized carbons (Fsp3) is 0.421. The monoisotopic (exact) mass is 352 g/mol. The maximum atomic E-state index is 13.0. The number of rotatable bonds is 6. The third-order valence-electron chi connectivity index (χ3n) is 5.05. The summed E-state index contributed by atoms with van der Waals surface area (Å²) in [6.07, 6.45) is 6.68. The van der Waals surface area contributed by atoms with Gasteiger partial charge in [-0.3, -0.25) is 4.79 Å². The van der Waals surface area contributed by atoms with E-state index in [0.717, 1.165) is 27.4 Å². The van der Waals surface area contributed by atoms with Crippen LogP contribution in [0.15, 0.2) is 35.6 Å². The van der Waals surface area contributed by atoms with Crippen molar-refractivity contribution in [2.45, 2.75) is 55.0 Å². The van der Waals surface area contributed by atoms with E-state index in [1.807, 2.05) is 37.4 Å². The number of fused-ring (bicyclic) bond motifs is 1. The van der Waals surface area contributed by atoms with E-state index < -0.39 is 0 Å². The van der Waals surface area contributed by atoms with Crippen molar-refractivity contribution in [1.82, 2.24) is 19.7 Å². The Morgan fingerprint density at radius 1 is 1.24 bits per heavy atom. The Hall–Kier alpha value is -2.08. The van der Waals surface area contributed by atoms with Gasteiger partial charge >= 0.3 is 0 Å². The van der Waals surface area contributed by atoms with Crippen LogP contribution in [0.25, 0.3) is 10.9 Å². The van der Waals surface area contributed by atoms with Crippen LogP contribution >= 0.6 is 11.8 Å². The average Bonchev–Trinajstić information content (AvgIpc) is 3.56. The Morgan fingerprint density at radius 3 is 2.80 bits per heavy atom. The van der Waals surface area contributed by atoms with Crippen LogP contribution in [0, 0.1) is 0 Å². The second-order valence-electron chi connectivity index (χ2n) is 7.09. The number of ketones is 1. The molecule has 2 aliphatic carbocycles. The van der Waals surface area contributed by atoms with E-state index in [1.165, 1.54) is 25.7 Å². The van der Waals surface area contributed by atoms with Gasteiger partial charge in [0.15, 0.2) is 10.9 Å². The zero-order chi connectivity index (χ0) is 17.0. The Labute approximate surface area is 150 Å². The number of Topliss-reactive ketones (excluding diaryl/α,β-unsaturated/α-hetero) is 1. The number of carbonyl (C=O) groups excluding carboxylic acids is 1. The van der Waals surface area contributed by atoms with Gasteiger partial charge in [0.25, 0.3) is 0 Å². The molecule has 0 radical (unpaired) electrons. The van der Waals surface area contributed by atoms with E-state index in [1.54, 1.807) is 11.8 Å². The lowest BCUT2D eigenvalue weighted by atomic mass is 10.1. The largest absolute Gasteiger partial charge is 0.360 e. The maximum absolute atomic E-state index is 13.0. The van der Waals surface area contributed by atoms with Crippen molar-refractivity contribution in [2.24, 2.45) is 0 Å². The molecule has 5 rings (SSSR count). The van der Waals surface area contributed by atoms with Gasteiger partial charge in [-0.2, -0.15) is 0 Å². The zero-order valence-electron chi connectivity index (χ0n) is 14.1. The summed E-state index contributed by atoms with van der Waals surface area (Å²) in [6, 6.07) is 8.48. The number of benzene rings is 1. The smallest absolute Gasteiger partial charge is 0.192 e. The molecule has 0 aliphatic heterocycles. The van der Waals surface area contributed by atoms with Crippen LogP contribution in [-0.2, 0) is 0 Å². The highest BCUT2D eigenvalue weighted by Crippen LogP contribution is 2.46. The lowest BCUT2D eigenvalue weighted by Gasteiger charge is -2.12. The predicted octanol–water partition coefficient (Wildman–Crippen LogP) is 4.34. The summed E-state index contributed by atoms with van der Waals surface area (Å²) >= 11 is 1.55. The fourth-order valence-corrected chi connectivity index (χ4v) is 4.36. The van der Waals surface area contributed by atoms with E-state index >= 15 is 0 Å². The molecule has 0 unspecified atom stereocenters. The van der Waals surface area contributed by atoms with Crippen molar-refractivity contribution in [2.75, 3.05) is 0 Å². The molecule has 1 N–H and O–H groups in total. The number of para-hydroxylation sites is 1. The van der Waals surface area contributed by atoms with E-state index in [0.29, 0.717) is 12.0 Å². The highest BCUT2D eigenvalue weighted by molar-refractivity contribution is 8.00. The molecule has 6 heteroatoms. The predicted molar refractivity (Wildman–Crippen MR) is 98.2 cm³/mol. The molecular formula is C19H20N4OS. The van der Waals surface area contributed by atoms with Gasteiger partial charge in [-0.1, -0.05) is 30.0 Å². The van der Waals surface area contributed by atoms with Crippen molar-refractivity contribution in [3.05, 3.63) is 41.9 Å². The number of aromatic nitrogens is 4. The lowest BCUT2D eigenvalue weighted by Crippen LogP contribution is -2.14. The van der Waals surface area contributed by atoms with Gasteiger partial charge in [0, 0.05) is 34.6 Å². The molecule has 2 aliphatic rings. The number of thioether (sulfide) groups is 1. The molecule has 25 heavy (non-hydrogen) atoms. The minimum absolute atomic E-state index is 0.140. The second-order valence-corrected chi connectivity index (χ2v) is 8.40. The fourth-order valence-electron chi connectivity index (χ4n) is 3.37. The molecule has 0 spiro atoms. The molecule has 2 saturated carbocycles. The first-order valence-electron chi connectivity index (χ1n) is 8.94. The number of hydrogen-bond donors (Lipinski definition) is 1. The molecule has 1 aromatic carbocycles. The molecule has 0 amide bonds. The number of H-pyrrole nitrogens is 1. The van der Waals surface area contributed by atoms with Crippen LogP contribution < -0.4 is 0 Å². The molecule has 128 valence electrons. The van der Waals surface area contributed by atoms with Gasteiger partial charge in [0.05, 0.1) is 5.25 Å². The highest BCUT2D eigenvalue weighted by Gasteiger charge is 2.37. The number of hydrogen-bond acceptors (Lipinski definition) is 4. The molecule has 5 nitrogen and oxygen atoms in total. The Bertz CT molecular complexity index is 951. The zero-order valence-corrected chi connectivity index (χ0v) is 14.9. The van der Waals surface area contributed by atoms with Crippen LogP contribution in [0.2, 0.25) is 0 Å². The third kappa shape index (κ3) is 2.68. The Kier molecular flexibility index (Phi) is 3.48. The number of nitrogens with one attached hydrogen (secondary N) is 1. The summed E-state index contributed by atoms with van der Waals surface area (Å²) in [7, 11) is 0. The molecule has 2 fully saturated rings. The lowest BCUT2D eigenvalue weighted by molar-refractivity contribution is 0.0995. The average molecular weight is 352 g/mol. The number of carbonyl (C=O) groups is 1. The molecule has 1 atom stereocenters. The van der Waals surface area contributed by atoms with Crippen LogP contribution in [0.1, 0.15) is 60.7 Å². The van der Waals surface area contributed by atoms with Gasteiger partial charge in [-0.25, -0.2) is 0 Å². The normalized spacial score (nSPS) is 18.6. The van der Waals surface area contributed by atoms with Crippen molar-refractivity contribution < 1.29 is 4.79 Å². The standard InChI is InChI=1S/C19H20N4OS/c1-11(17(24)15-10-20-16-5-3-2-4-14(15)16)25-19-22-21-18(12-6-7-12)23(19)13-8-9-13/h2-5,10-13,20H,6-9H2,1H3/t11-/m1/s1. The van der Waals surface area contributed by atoms with Crippen molar-refractivity contribution in [3.63, 3.8) is 0 Å². The van der Waals surface area contributed by atoms with E-state index in [9.17, 15) is 4.79 Å². The van der Waals surface area contributed by atoms with Crippen LogP contribution in [-0.4, -0.2) is 30.8 Å². The summed E-state index contributed by atoms with van der Waals surface area (Å²) in [5.74, 6) is 1.86. The Morgan fingerprint density at radius 2 is 2.04 bits per heavy atom. The van der Waals surface area contributed by atoms with Gasteiger partial charge in [-0.15, -0.1) is 10.2 Å². The number of aromatic amines is 1. The molecule has 2 aromatic heterocycles. The van der Waals surface area contributed by atoms with Crippen LogP contribution in [0.5, 0.6) is 0 Å². The summed E-state index contributed by atoms with van der Waals surface area (Å²) in [5, 5.41) is 10.6. The van der Waals surface area contributed by atoms with E-state index in [2.05, 4.69) is 19.7 Å². The maximum Gasteiger partial charge on any atom is 0.192 e. The quantitative estimate of drug-likeness (QED) is 0.529. The summed E-state index contributed by atoms with van der Waals surface area (Å²) in [4.78, 5) is 16.2. The molecule has 0 bridgehead atoms. The molecular weight excluding hydrogens is 332 g/mol. The Balaban J connectivity index is 1.42. The minimum atomic E-state index is -0.187.